The van der Waals surface area contributed by atoms with Crippen molar-refractivity contribution < 1.29 is 9.85 Å². The first kappa shape index (κ1) is 15.7. The molecule has 0 aliphatic rings. The van der Waals surface area contributed by atoms with Gasteiger partial charge >= 0.3 is 5.69 Å². The number of hydrazone groups is 1. The SMILES string of the molecule is C#CC(=NNc1ccc([N+](=O)[O-])cc1[N+](=O)[O-])c1ccccc1. The van der Waals surface area contributed by atoms with Gasteiger partial charge in [0.15, 0.2) is 0 Å². The van der Waals surface area contributed by atoms with E-state index in [1.54, 1.807) is 24.3 Å². The van der Waals surface area contributed by atoms with Gasteiger partial charge in [-0.15, -0.1) is 6.42 Å². The van der Waals surface area contributed by atoms with Gasteiger partial charge in [0, 0.05) is 11.6 Å². The lowest BCUT2D eigenvalue weighted by Gasteiger charge is -2.04. The lowest BCUT2D eigenvalue weighted by atomic mass is 10.1. The summed E-state index contributed by atoms with van der Waals surface area (Å²) < 4.78 is 0. The molecule has 0 saturated heterocycles. The van der Waals surface area contributed by atoms with Crippen molar-refractivity contribution in [3.05, 3.63) is 74.3 Å². The maximum atomic E-state index is 11.0. The number of anilines is 1. The molecule has 0 aliphatic heterocycles. The molecule has 0 aromatic heterocycles. The van der Waals surface area contributed by atoms with Crippen molar-refractivity contribution in [1.29, 1.82) is 0 Å². The molecule has 0 saturated carbocycles. The van der Waals surface area contributed by atoms with Gasteiger partial charge in [0.1, 0.15) is 11.4 Å². The van der Waals surface area contributed by atoms with Crippen molar-refractivity contribution in [2.24, 2.45) is 5.10 Å². The normalized spacial score (nSPS) is 10.7. The molecule has 0 heterocycles. The number of nitro benzene ring substituents is 2. The zero-order valence-corrected chi connectivity index (χ0v) is 11.7. The fourth-order valence-corrected chi connectivity index (χ4v) is 1.77. The van der Waals surface area contributed by atoms with E-state index in [2.05, 4.69) is 16.4 Å². The van der Waals surface area contributed by atoms with Crippen LogP contribution in [-0.2, 0) is 0 Å². The molecule has 8 nitrogen and oxygen atoms in total. The minimum absolute atomic E-state index is 0.00396. The van der Waals surface area contributed by atoms with Crippen LogP contribution in [-0.4, -0.2) is 15.6 Å². The van der Waals surface area contributed by atoms with Crippen LogP contribution < -0.4 is 5.43 Å². The molecule has 0 amide bonds. The number of non-ortho nitro benzene ring substituents is 1. The predicted molar refractivity (Wildman–Crippen MR) is 85.2 cm³/mol. The monoisotopic (exact) mass is 310 g/mol. The van der Waals surface area contributed by atoms with Crippen LogP contribution in [0.2, 0.25) is 0 Å². The van der Waals surface area contributed by atoms with Crippen LogP contribution in [0.25, 0.3) is 0 Å². The van der Waals surface area contributed by atoms with Gasteiger partial charge < -0.3 is 0 Å². The van der Waals surface area contributed by atoms with Crippen LogP contribution in [0.15, 0.2) is 53.6 Å². The van der Waals surface area contributed by atoms with Gasteiger partial charge in [-0.05, 0) is 12.0 Å². The molecule has 8 heteroatoms. The van der Waals surface area contributed by atoms with Gasteiger partial charge in [0.25, 0.3) is 5.69 Å². The summed E-state index contributed by atoms with van der Waals surface area (Å²) in [7, 11) is 0. The fourth-order valence-electron chi connectivity index (χ4n) is 1.77. The summed E-state index contributed by atoms with van der Waals surface area (Å²) in [5, 5.41) is 25.7. The van der Waals surface area contributed by atoms with E-state index in [9.17, 15) is 20.2 Å². The van der Waals surface area contributed by atoms with Crippen LogP contribution >= 0.6 is 0 Å². The van der Waals surface area contributed by atoms with E-state index in [1.807, 2.05) is 6.07 Å². The molecule has 1 N–H and O–H groups in total. The second-order valence-electron chi connectivity index (χ2n) is 4.30. The van der Waals surface area contributed by atoms with E-state index >= 15 is 0 Å². The van der Waals surface area contributed by atoms with Gasteiger partial charge in [-0.3, -0.25) is 25.7 Å². The minimum atomic E-state index is -0.733. The third-order valence-electron chi connectivity index (χ3n) is 2.86. The Bertz CT molecular complexity index is 825. The molecule has 2 rings (SSSR count). The first-order valence-electron chi connectivity index (χ1n) is 6.31. The first-order valence-corrected chi connectivity index (χ1v) is 6.31. The highest BCUT2D eigenvalue weighted by Gasteiger charge is 2.19. The van der Waals surface area contributed by atoms with Gasteiger partial charge in [0.05, 0.1) is 15.9 Å². The number of terminal acetylenes is 1. The van der Waals surface area contributed by atoms with E-state index in [-0.39, 0.29) is 17.1 Å². The Hall–Kier alpha value is -3.73. The van der Waals surface area contributed by atoms with Crippen LogP contribution in [0.3, 0.4) is 0 Å². The third kappa shape index (κ3) is 3.68. The second kappa shape index (κ2) is 6.82. The summed E-state index contributed by atoms with van der Waals surface area (Å²) in [4.78, 5) is 20.3. The standard InChI is InChI=1S/C15H10N4O4/c1-2-13(11-6-4-3-5-7-11)16-17-14-9-8-12(18(20)21)10-15(14)19(22)23/h1,3-10,17H. The number of nitro groups is 2. The lowest BCUT2D eigenvalue weighted by molar-refractivity contribution is -0.393. The molecular formula is C15H10N4O4. The van der Waals surface area contributed by atoms with Crippen LogP contribution in [0.4, 0.5) is 17.1 Å². The van der Waals surface area contributed by atoms with Gasteiger partial charge in [-0.2, -0.15) is 5.10 Å². The third-order valence-corrected chi connectivity index (χ3v) is 2.86. The average molecular weight is 310 g/mol. The number of hydrogen-bond donors (Lipinski definition) is 1. The second-order valence-corrected chi connectivity index (χ2v) is 4.30. The number of hydrogen-bond acceptors (Lipinski definition) is 6. The van der Waals surface area contributed by atoms with Gasteiger partial charge in [-0.1, -0.05) is 30.3 Å². The highest BCUT2D eigenvalue weighted by Crippen LogP contribution is 2.28. The zero-order chi connectivity index (χ0) is 16.8. The molecule has 23 heavy (non-hydrogen) atoms. The molecule has 0 unspecified atom stereocenters. The molecule has 0 fully saturated rings. The van der Waals surface area contributed by atoms with Gasteiger partial charge in [-0.25, -0.2) is 0 Å². The van der Waals surface area contributed by atoms with Crippen molar-refractivity contribution in [3.63, 3.8) is 0 Å². The number of benzene rings is 2. The summed E-state index contributed by atoms with van der Waals surface area (Å²) in [5.74, 6) is 2.38. The molecule has 0 bridgehead atoms. The number of rotatable bonds is 5. The smallest absolute Gasteiger partial charge is 0.270 e. The Morgan fingerprint density at radius 3 is 2.35 bits per heavy atom. The summed E-state index contributed by atoms with van der Waals surface area (Å²) in [6, 6.07) is 12.0. The lowest BCUT2D eigenvalue weighted by Crippen LogP contribution is -2.03. The van der Waals surface area contributed by atoms with Crippen LogP contribution in [0.5, 0.6) is 0 Å². The molecule has 2 aromatic rings. The van der Waals surface area contributed by atoms with Crippen molar-refractivity contribution >= 4 is 22.8 Å². The Morgan fingerprint density at radius 2 is 1.78 bits per heavy atom. The molecular weight excluding hydrogens is 300 g/mol. The van der Waals surface area contributed by atoms with Gasteiger partial charge in [0.2, 0.25) is 0 Å². The van der Waals surface area contributed by atoms with E-state index < -0.39 is 15.5 Å². The van der Waals surface area contributed by atoms with Crippen LogP contribution in [0.1, 0.15) is 5.56 Å². The summed E-state index contributed by atoms with van der Waals surface area (Å²) in [6.45, 7) is 0. The Labute approximate surface area is 130 Å². The highest BCUT2D eigenvalue weighted by molar-refractivity contribution is 6.12. The van der Waals surface area contributed by atoms with E-state index in [0.29, 0.717) is 5.56 Å². The Kier molecular flexibility index (Phi) is 4.64. The molecule has 0 spiro atoms. The van der Waals surface area contributed by atoms with Crippen molar-refractivity contribution in [3.8, 4) is 12.3 Å². The quantitative estimate of drug-likeness (QED) is 0.395. The highest BCUT2D eigenvalue weighted by atomic mass is 16.6. The largest absolute Gasteiger partial charge is 0.301 e. The average Bonchev–Trinajstić information content (AvgIpc) is 2.56. The van der Waals surface area contributed by atoms with E-state index in [0.717, 1.165) is 12.1 Å². The predicted octanol–water partition coefficient (Wildman–Crippen LogP) is 2.95. The van der Waals surface area contributed by atoms with Crippen molar-refractivity contribution in [1.82, 2.24) is 0 Å². The zero-order valence-electron chi connectivity index (χ0n) is 11.7. The van der Waals surface area contributed by atoms with Crippen molar-refractivity contribution in [2.75, 3.05) is 5.43 Å². The maximum absolute atomic E-state index is 11.0. The molecule has 0 atom stereocenters. The fraction of sp³-hybridized carbons (Fsp3) is 0. The molecule has 0 radical (unpaired) electrons. The number of nitrogens with one attached hydrogen (secondary N) is 1. The molecule has 114 valence electrons. The Balaban J connectivity index is 2.36. The summed E-state index contributed by atoms with van der Waals surface area (Å²) >= 11 is 0. The minimum Gasteiger partial charge on any atom is -0.270 e. The van der Waals surface area contributed by atoms with Crippen LogP contribution in [0, 0.1) is 32.6 Å². The maximum Gasteiger partial charge on any atom is 0.301 e. The topological polar surface area (TPSA) is 111 Å². The summed E-state index contributed by atoms with van der Waals surface area (Å²) in [5.41, 5.74) is 2.55. The first-order chi connectivity index (χ1) is 11.0. The van der Waals surface area contributed by atoms with E-state index in [1.165, 1.54) is 6.07 Å². The number of nitrogens with zero attached hydrogens (tertiary/aromatic N) is 3. The summed E-state index contributed by atoms with van der Waals surface area (Å²) in [6.07, 6.45) is 5.39. The molecule has 2 aromatic carbocycles. The Morgan fingerprint density at radius 1 is 1.09 bits per heavy atom. The molecule has 0 aliphatic carbocycles. The van der Waals surface area contributed by atoms with Crippen molar-refractivity contribution in [2.45, 2.75) is 0 Å². The van der Waals surface area contributed by atoms with E-state index in [4.69, 9.17) is 6.42 Å².